The van der Waals surface area contributed by atoms with Crippen molar-refractivity contribution in [3.05, 3.63) is 56.8 Å². The van der Waals surface area contributed by atoms with Gasteiger partial charge < -0.3 is 15.0 Å². The number of carbonyl (C=O) groups excluding carboxylic acids is 2. The summed E-state index contributed by atoms with van der Waals surface area (Å²) in [5.41, 5.74) is 1.05. The highest BCUT2D eigenvalue weighted by molar-refractivity contribution is 9.10. The molecule has 0 saturated heterocycles. The molecule has 0 saturated carbocycles. The molecule has 0 aliphatic carbocycles. The van der Waals surface area contributed by atoms with E-state index >= 15 is 0 Å². The highest BCUT2D eigenvalue weighted by Gasteiger charge is 2.15. The first-order chi connectivity index (χ1) is 10.0. The van der Waals surface area contributed by atoms with Crippen molar-refractivity contribution in [3.63, 3.8) is 0 Å². The molecular formula is C14H11BrN2O3S. The lowest BCUT2D eigenvalue weighted by atomic mass is 10.1. The van der Waals surface area contributed by atoms with E-state index in [4.69, 9.17) is 17.0 Å². The van der Waals surface area contributed by atoms with E-state index in [0.717, 1.165) is 0 Å². The number of aromatic amines is 1. The molecule has 7 heteroatoms. The quantitative estimate of drug-likeness (QED) is 0.643. The molecule has 0 spiro atoms. The molecule has 0 atom stereocenters. The summed E-state index contributed by atoms with van der Waals surface area (Å²) in [7, 11) is 1.28. The maximum absolute atomic E-state index is 12.1. The number of hydrogen-bond donors (Lipinski definition) is 2. The fraction of sp³-hybridized carbons (Fsp3) is 0.0714. The minimum absolute atomic E-state index is 0.268. The molecule has 108 valence electrons. The van der Waals surface area contributed by atoms with Crippen LogP contribution in [0.1, 0.15) is 20.7 Å². The van der Waals surface area contributed by atoms with E-state index in [9.17, 15) is 9.59 Å². The number of nitrogens with one attached hydrogen (secondary N) is 2. The minimum Gasteiger partial charge on any atom is -0.465 e. The van der Waals surface area contributed by atoms with Gasteiger partial charge in [0.1, 0.15) is 4.64 Å². The van der Waals surface area contributed by atoms with Crippen molar-refractivity contribution in [2.24, 2.45) is 0 Å². The van der Waals surface area contributed by atoms with Crippen LogP contribution in [0.4, 0.5) is 5.69 Å². The summed E-state index contributed by atoms with van der Waals surface area (Å²) in [6.45, 7) is 0. The van der Waals surface area contributed by atoms with Gasteiger partial charge in [-0.05, 0) is 30.3 Å². The van der Waals surface area contributed by atoms with Crippen LogP contribution in [0, 0.1) is 4.64 Å². The molecule has 2 rings (SSSR count). The molecule has 1 heterocycles. The van der Waals surface area contributed by atoms with E-state index in [1.807, 2.05) is 0 Å². The number of halogens is 1. The van der Waals surface area contributed by atoms with Crippen molar-refractivity contribution in [2.75, 3.05) is 12.4 Å². The van der Waals surface area contributed by atoms with Gasteiger partial charge in [-0.3, -0.25) is 4.79 Å². The van der Waals surface area contributed by atoms with Crippen LogP contribution in [0.2, 0.25) is 0 Å². The van der Waals surface area contributed by atoms with Gasteiger partial charge in [-0.25, -0.2) is 4.79 Å². The molecule has 0 aliphatic heterocycles. The average Bonchev–Trinajstić information content (AvgIpc) is 2.48. The monoisotopic (exact) mass is 366 g/mol. The molecule has 5 nitrogen and oxygen atoms in total. The fourth-order valence-electron chi connectivity index (χ4n) is 1.65. The standard InChI is InChI=1S/C14H11BrN2O3S/c1-20-14(19)10-6-9(15)3-4-11(10)17-13(18)8-2-5-12(21)16-7-8/h2-7H,1H3,(H,16,21)(H,17,18). The van der Waals surface area contributed by atoms with Gasteiger partial charge in [0.05, 0.1) is 23.9 Å². The van der Waals surface area contributed by atoms with E-state index in [1.54, 1.807) is 30.3 Å². The second kappa shape index (κ2) is 6.64. The second-order valence-corrected chi connectivity index (χ2v) is 5.43. The number of aromatic nitrogens is 1. The zero-order chi connectivity index (χ0) is 15.4. The Kier molecular flexibility index (Phi) is 4.87. The van der Waals surface area contributed by atoms with Gasteiger partial charge in [-0.15, -0.1) is 0 Å². The Morgan fingerprint density at radius 1 is 1.29 bits per heavy atom. The highest BCUT2D eigenvalue weighted by Crippen LogP contribution is 2.22. The summed E-state index contributed by atoms with van der Waals surface area (Å²) < 4.78 is 5.95. The van der Waals surface area contributed by atoms with Crippen molar-refractivity contribution in [1.82, 2.24) is 4.98 Å². The molecule has 0 bridgehead atoms. The number of methoxy groups -OCH3 is 1. The lowest BCUT2D eigenvalue weighted by Gasteiger charge is -2.10. The number of carbonyl (C=O) groups is 2. The van der Waals surface area contributed by atoms with Gasteiger partial charge in [0.15, 0.2) is 0 Å². The molecule has 0 radical (unpaired) electrons. The van der Waals surface area contributed by atoms with Crippen LogP contribution >= 0.6 is 28.1 Å². The first kappa shape index (κ1) is 15.4. The zero-order valence-electron chi connectivity index (χ0n) is 11.0. The van der Waals surface area contributed by atoms with Crippen LogP contribution in [-0.2, 0) is 4.74 Å². The number of hydrogen-bond acceptors (Lipinski definition) is 4. The normalized spacial score (nSPS) is 10.0. The molecule has 21 heavy (non-hydrogen) atoms. The van der Waals surface area contributed by atoms with Crippen LogP contribution in [0.3, 0.4) is 0 Å². The van der Waals surface area contributed by atoms with E-state index in [0.29, 0.717) is 20.4 Å². The predicted octanol–water partition coefficient (Wildman–Crippen LogP) is 3.55. The molecule has 2 N–H and O–H groups in total. The Morgan fingerprint density at radius 3 is 2.67 bits per heavy atom. The number of ether oxygens (including phenoxy) is 1. The van der Waals surface area contributed by atoms with Crippen LogP contribution in [0.15, 0.2) is 41.0 Å². The van der Waals surface area contributed by atoms with Crippen molar-refractivity contribution in [3.8, 4) is 0 Å². The molecular weight excluding hydrogens is 356 g/mol. The lowest BCUT2D eigenvalue weighted by Crippen LogP contribution is -2.15. The number of esters is 1. The number of benzene rings is 1. The SMILES string of the molecule is COC(=O)c1cc(Br)ccc1NC(=O)c1ccc(=S)[nH]c1. The molecule has 2 aromatic rings. The van der Waals surface area contributed by atoms with E-state index < -0.39 is 5.97 Å². The summed E-state index contributed by atoms with van der Waals surface area (Å²) in [5, 5.41) is 2.67. The Bertz CT molecular complexity index is 738. The molecule has 1 amide bonds. The van der Waals surface area contributed by atoms with Crippen molar-refractivity contribution in [2.45, 2.75) is 0 Å². The molecule has 0 aliphatic rings. The number of pyridine rings is 1. The summed E-state index contributed by atoms with van der Waals surface area (Å²) in [5.74, 6) is -0.882. The third-order valence-electron chi connectivity index (χ3n) is 2.68. The van der Waals surface area contributed by atoms with Gasteiger partial charge in [-0.1, -0.05) is 28.1 Å². The number of rotatable bonds is 3. The van der Waals surface area contributed by atoms with Crippen molar-refractivity contribution >= 4 is 45.7 Å². The van der Waals surface area contributed by atoms with Gasteiger partial charge in [0.25, 0.3) is 5.91 Å². The molecule has 1 aromatic carbocycles. The van der Waals surface area contributed by atoms with Crippen LogP contribution < -0.4 is 5.32 Å². The number of H-pyrrole nitrogens is 1. The summed E-state index contributed by atoms with van der Waals surface area (Å²) in [6.07, 6.45) is 1.51. The van der Waals surface area contributed by atoms with E-state index in [-0.39, 0.29) is 11.5 Å². The Morgan fingerprint density at radius 2 is 2.05 bits per heavy atom. The average molecular weight is 367 g/mol. The zero-order valence-corrected chi connectivity index (χ0v) is 13.4. The first-order valence-corrected chi connectivity index (χ1v) is 7.09. The summed E-state index contributed by atoms with van der Waals surface area (Å²) in [6, 6.07) is 8.15. The van der Waals surface area contributed by atoms with Gasteiger partial charge in [-0.2, -0.15) is 0 Å². The maximum atomic E-state index is 12.1. The third kappa shape index (κ3) is 3.77. The topological polar surface area (TPSA) is 71.2 Å². The Hall–Kier alpha value is -1.99. The van der Waals surface area contributed by atoms with Crippen LogP contribution in [0.25, 0.3) is 0 Å². The molecule has 0 unspecified atom stereocenters. The molecule has 1 aromatic heterocycles. The van der Waals surface area contributed by atoms with Gasteiger partial charge >= 0.3 is 5.97 Å². The Labute approximate surface area is 134 Å². The van der Waals surface area contributed by atoms with Crippen molar-refractivity contribution in [1.29, 1.82) is 0 Å². The van der Waals surface area contributed by atoms with E-state index in [2.05, 4.69) is 26.2 Å². The number of anilines is 1. The fourth-order valence-corrected chi connectivity index (χ4v) is 2.14. The maximum Gasteiger partial charge on any atom is 0.340 e. The first-order valence-electron chi connectivity index (χ1n) is 5.89. The molecule has 0 fully saturated rings. The van der Waals surface area contributed by atoms with E-state index in [1.165, 1.54) is 13.3 Å². The smallest absolute Gasteiger partial charge is 0.340 e. The third-order valence-corrected chi connectivity index (χ3v) is 3.43. The van der Waals surface area contributed by atoms with Gasteiger partial charge in [0.2, 0.25) is 0 Å². The van der Waals surface area contributed by atoms with Gasteiger partial charge in [0, 0.05) is 10.7 Å². The Balaban J connectivity index is 2.30. The number of amides is 1. The van der Waals surface area contributed by atoms with Crippen molar-refractivity contribution < 1.29 is 14.3 Å². The van der Waals surface area contributed by atoms with Crippen LogP contribution in [-0.4, -0.2) is 24.0 Å². The van der Waals surface area contributed by atoms with Crippen LogP contribution in [0.5, 0.6) is 0 Å². The largest absolute Gasteiger partial charge is 0.465 e. The lowest BCUT2D eigenvalue weighted by molar-refractivity contribution is 0.0602. The second-order valence-electron chi connectivity index (χ2n) is 4.08. The predicted molar refractivity (Wildman–Crippen MR) is 85.1 cm³/mol. The highest BCUT2D eigenvalue weighted by atomic mass is 79.9. The summed E-state index contributed by atoms with van der Waals surface area (Å²) in [4.78, 5) is 26.7. The minimum atomic E-state index is -0.529. The summed E-state index contributed by atoms with van der Waals surface area (Å²) >= 11 is 8.20.